The molecule has 4 nitrogen and oxygen atoms in total. The maximum absolute atomic E-state index is 12.0. The van der Waals surface area contributed by atoms with E-state index in [1.165, 1.54) is 0 Å². The van der Waals surface area contributed by atoms with E-state index >= 15 is 0 Å². The van der Waals surface area contributed by atoms with Crippen LogP contribution < -0.4 is 0 Å². The summed E-state index contributed by atoms with van der Waals surface area (Å²) in [7, 11) is 0. The lowest BCUT2D eigenvalue weighted by Crippen LogP contribution is -2.50. The summed E-state index contributed by atoms with van der Waals surface area (Å²) in [5.41, 5.74) is -0.877. The third-order valence-electron chi connectivity index (χ3n) is 5.30. The van der Waals surface area contributed by atoms with E-state index in [1.54, 1.807) is 0 Å². The van der Waals surface area contributed by atoms with Gasteiger partial charge in [0.2, 0.25) is 0 Å². The monoisotopic (exact) mass is 298 g/mol. The maximum atomic E-state index is 12.0. The Kier molecular flexibility index (Phi) is 6.24. The van der Waals surface area contributed by atoms with Crippen LogP contribution in [0.5, 0.6) is 0 Å². The lowest BCUT2D eigenvalue weighted by atomic mass is 9.55. The first-order valence-corrected chi connectivity index (χ1v) is 8.19. The van der Waals surface area contributed by atoms with Gasteiger partial charge in [-0.2, -0.15) is 0 Å². The number of aliphatic carboxylic acids is 2. The Balaban J connectivity index is 3.05. The third kappa shape index (κ3) is 3.78. The van der Waals surface area contributed by atoms with Crippen LogP contribution in [-0.2, 0) is 9.59 Å². The number of carboxylic acid groups (broad SMARTS) is 2. The van der Waals surface area contributed by atoms with E-state index in [0.717, 1.165) is 12.8 Å². The average Bonchev–Trinajstić information content (AvgIpc) is 2.37. The van der Waals surface area contributed by atoms with Crippen LogP contribution in [-0.4, -0.2) is 22.2 Å². The largest absolute Gasteiger partial charge is 0.481 e. The molecule has 3 unspecified atom stereocenters. The van der Waals surface area contributed by atoms with Gasteiger partial charge in [-0.15, -0.1) is 0 Å². The molecule has 1 fully saturated rings. The number of rotatable bonds is 7. The average molecular weight is 298 g/mol. The van der Waals surface area contributed by atoms with E-state index in [0.29, 0.717) is 31.6 Å². The highest BCUT2D eigenvalue weighted by molar-refractivity contribution is 5.78. The summed E-state index contributed by atoms with van der Waals surface area (Å²) in [4.78, 5) is 23.6. The van der Waals surface area contributed by atoms with E-state index in [4.69, 9.17) is 0 Å². The second kappa shape index (κ2) is 7.28. The highest BCUT2D eigenvalue weighted by atomic mass is 16.4. The highest BCUT2D eigenvalue weighted by Crippen LogP contribution is 2.51. The predicted molar refractivity (Wildman–Crippen MR) is 82.1 cm³/mol. The molecule has 0 aromatic carbocycles. The van der Waals surface area contributed by atoms with Crippen molar-refractivity contribution in [3.63, 3.8) is 0 Å². The van der Waals surface area contributed by atoms with Crippen LogP contribution in [0.2, 0.25) is 0 Å². The summed E-state index contributed by atoms with van der Waals surface area (Å²) < 4.78 is 0. The molecule has 2 N–H and O–H groups in total. The van der Waals surface area contributed by atoms with E-state index in [1.807, 2.05) is 13.8 Å². The second-order valence-corrected chi connectivity index (χ2v) is 7.27. The van der Waals surface area contributed by atoms with Crippen molar-refractivity contribution in [2.45, 2.75) is 66.2 Å². The standard InChI is InChI=1S/C17H30O4/c1-11(2)7-5-9-14-13(15(18)19)8-6-10-17(14,12(3)4)16(20)21/h11-14H,5-10H2,1-4H3,(H,18,19)(H,20,21). The summed E-state index contributed by atoms with van der Waals surface area (Å²) in [6.45, 7) is 8.13. The number of hydrogen-bond donors (Lipinski definition) is 2. The molecule has 1 saturated carbocycles. The van der Waals surface area contributed by atoms with Gasteiger partial charge in [0.05, 0.1) is 11.3 Å². The predicted octanol–water partition coefficient (Wildman–Crippen LogP) is 4.04. The summed E-state index contributed by atoms with van der Waals surface area (Å²) in [5, 5.41) is 19.4. The van der Waals surface area contributed by atoms with Crippen molar-refractivity contribution < 1.29 is 19.8 Å². The molecule has 0 aliphatic heterocycles. The molecule has 21 heavy (non-hydrogen) atoms. The number of carboxylic acids is 2. The SMILES string of the molecule is CC(C)CCCC1C(C(=O)O)CCCC1(C(=O)O)C(C)C. The quantitative estimate of drug-likeness (QED) is 0.744. The zero-order valence-electron chi connectivity index (χ0n) is 13.8. The Bertz CT molecular complexity index is 375. The normalized spacial score (nSPS) is 29.8. The Morgan fingerprint density at radius 2 is 1.81 bits per heavy atom. The summed E-state index contributed by atoms with van der Waals surface area (Å²) >= 11 is 0. The van der Waals surface area contributed by atoms with Crippen molar-refractivity contribution in [1.82, 2.24) is 0 Å². The van der Waals surface area contributed by atoms with Gasteiger partial charge in [-0.1, -0.05) is 47.0 Å². The molecule has 3 atom stereocenters. The molecule has 0 spiro atoms. The van der Waals surface area contributed by atoms with Gasteiger partial charge in [-0.25, -0.2) is 0 Å². The van der Waals surface area contributed by atoms with Crippen molar-refractivity contribution in [3.8, 4) is 0 Å². The molecule has 1 aliphatic carbocycles. The molecule has 0 radical (unpaired) electrons. The molecule has 0 amide bonds. The van der Waals surface area contributed by atoms with Crippen LogP contribution in [0.4, 0.5) is 0 Å². The van der Waals surface area contributed by atoms with Crippen LogP contribution >= 0.6 is 0 Å². The Morgan fingerprint density at radius 3 is 2.24 bits per heavy atom. The van der Waals surface area contributed by atoms with Gasteiger partial charge in [-0.05, 0) is 37.0 Å². The van der Waals surface area contributed by atoms with Crippen molar-refractivity contribution in [2.24, 2.45) is 29.1 Å². The maximum Gasteiger partial charge on any atom is 0.310 e. The van der Waals surface area contributed by atoms with Gasteiger partial charge in [-0.3, -0.25) is 9.59 Å². The fourth-order valence-electron chi connectivity index (χ4n) is 4.09. The van der Waals surface area contributed by atoms with Crippen molar-refractivity contribution in [1.29, 1.82) is 0 Å². The highest BCUT2D eigenvalue weighted by Gasteiger charge is 2.54. The minimum absolute atomic E-state index is 0.0406. The first-order valence-electron chi connectivity index (χ1n) is 8.19. The topological polar surface area (TPSA) is 74.6 Å². The van der Waals surface area contributed by atoms with Gasteiger partial charge >= 0.3 is 11.9 Å². The fourth-order valence-corrected chi connectivity index (χ4v) is 4.09. The van der Waals surface area contributed by atoms with Crippen LogP contribution in [0.25, 0.3) is 0 Å². The summed E-state index contributed by atoms with van der Waals surface area (Å²) in [5.74, 6) is -1.87. The molecule has 4 heteroatoms. The molecule has 0 aromatic rings. The minimum Gasteiger partial charge on any atom is -0.481 e. The lowest BCUT2D eigenvalue weighted by molar-refractivity contribution is -0.168. The van der Waals surface area contributed by atoms with Crippen LogP contribution in [0, 0.1) is 29.1 Å². The summed E-state index contributed by atoms with van der Waals surface area (Å²) in [6.07, 6.45) is 4.56. The smallest absolute Gasteiger partial charge is 0.310 e. The van der Waals surface area contributed by atoms with Crippen molar-refractivity contribution >= 4 is 11.9 Å². The Hall–Kier alpha value is -1.06. The second-order valence-electron chi connectivity index (χ2n) is 7.27. The van der Waals surface area contributed by atoms with Crippen LogP contribution in [0.15, 0.2) is 0 Å². The first kappa shape index (κ1) is 18.0. The van der Waals surface area contributed by atoms with Crippen LogP contribution in [0.3, 0.4) is 0 Å². The van der Waals surface area contributed by atoms with Gasteiger partial charge in [0.1, 0.15) is 0 Å². The molecule has 0 heterocycles. The first-order chi connectivity index (χ1) is 9.73. The fraction of sp³-hybridized carbons (Fsp3) is 0.882. The Morgan fingerprint density at radius 1 is 1.19 bits per heavy atom. The van der Waals surface area contributed by atoms with E-state index < -0.39 is 23.3 Å². The van der Waals surface area contributed by atoms with E-state index in [9.17, 15) is 19.8 Å². The van der Waals surface area contributed by atoms with Gasteiger partial charge in [0.25, 0.3) is 0 Å². The van der Waals surface area contributed by atoms with Crippen molar-refractivity contribution in [2.75, 3.05) is 0 Å². The molecule has 0 aromatic heterocycles. The van der Waals surface area contributed by atoms with Crippen molar-refractivity contribution in [3.05, 3.63) is 0 Å². The lowest BCUT2D eigenvalue weighted by Gasteiger charge is -2.47. The van der Waals surface area contributed by atoms with Gasteiger partial charge < -0.3 is 10.2 Å². The Labute approximate surface area is 127 Å². The molecule has 1 aliphatic rings. The van der Waals surface area contributed by atoms with Gasteiger partial charge in [0.15, 0.2) is 0 Å². The zero-order chi connectivity index (χ0) is 16.2. The summed E-state index contributed by atoms with van der Waals surface area (Å²) in [6, 6.07) is 0. The van der Waals surface area contributed by atoms with Crippen LogP contribution in [0.1, 0.15) is 66.2 Å². The van der Waals surface area contributed by atoms with E-state index in [2.05, 4.69) is 13.8 Å². The molecule has 0 saturated heterocycles. The third-order valence-corrected chi connectivity index (χ3v) is 5.30. The van der Waals surface area contributed by atoms with Gasteiger partial charge in [0, 0.05) is 0 Å². The molecule has 0 bridgehead atoms. The molecule has 1 rings (SSSR count). The minimum atomic E-state index is -0.877. The zero-order valence-corrected chi connectivity index (χ0v) is 13.8. The number of carbonyl (C=O) groups is 2. The molecule has 122 valence electrons. The number of hydrogen-bond acceptors (Lipinski definition) is 2. The molecular weight excluding hydrogens is 268 g/mol. The molecular formula is C17H30O4. The van der Waals surface area contributed by atoms with E-state index in [-0.39, 0.29) is 11.8 Å².